The molecular formula is C13H16ClNO. The van der Waals surface area contributed by atoms with Crippen LogP contribution in [-0.2, 0) is 10.2 Å². The Bertz CT molecular complexity index is 373. The van der Waals surface area contributed by atoms with Gasteiger partial charge in [0, 0.05) is 11.9 Å². The van der Waals surface area contributed by atoms with Gasteiger partial charge in [0.15, 0.2) is 0 Å². The van der Waals surface area contributed by atoms with E-state index in [-0.39, 0.29) is 17.4 Å². The number of benzene rings is 1. The van der Waals surface area contributed by atoms with Crippen LogP contribution in [-0.4, -0.2) is 17.8 Å². The Kier molecular flexibility index (Phi) is 3.20. The summed E-state index contributed by atoms with van der Waals surface area (Å²) < 4.78 is 0. The van der Waals surface area contributed by atoms with E-state index in [0.29, 0.717) is 5.88 Å². The molecule has 0 heterocycles. The minimum atomic E-state index is -0.276. The maximum atomic E-state index is 12.1. The number of nitrogens with one attached hydrogen (secondary N) is 1. The van der Waals surface area contributed by atoms with Crippen LogP contribution in [0.3, 0.4) is 0 Å². The van der Waals surface area contributed by atoms with E-state index in [4.69, 9.17) is 11.6 Å². The number of amides is 1. The molecule has 1 atom stereocenters. The Morgan fingerprint density at radius 1 is 1.44 bits per heavy atom. The van der Waals surface area contributed by atoms with Crippen LogP contribution >= 0.6 is 11.6 Å². The lowest BCUT2D eigenvalue weighted by Gasteiger charge is -2.18. The SMILES string of the molecule is CC(CCl)NC(=O)C1(c2ccccc2)CC1. The third-order valence-electron chi connectivity index (χ3n) is 3.12. The quantitative estimate of drug-likeness (QED) is 0.801. The molecule has 1 N–H and O–H groups in total. The Hall–Kier alpha value is -1.02. The number of carbonyl (C=O) groups excluding carboxylic acids is 1. The van der Waals surface area contributed by atoms with E-state index in [1.54, 1.807) is 0 Å². The van der Waals surface area contributed by atoms with Crippen LogP contribution in [0.1, 0.15) is 25.3 Å². The van der Waals surface area contributed by atoms with Gasteiger partial charge in [-0.15, -0.1) is 11.6 Å². The zero-order valence-electron chi connectivity index (χ0n) is 9.37. The van der Waals surface area contributed by atoms with Crippen LogP contribution in [0.25, 0.3) is 0 Å². The van der Waals surface area contributed by atoms with Gasteiger partial charge in [0.05, 0.1) is 5.41 Å². The van der Waals surface area contributed by atoms with Crippen molar-refractivity contribution in [1.29, 1.82) is 0 Å². The summed E-state index contributed by atoms with van der Waals surface area (Å²) in [4.78, 5) is 12.1. The molecule has 1 saturated carbocycles. The molecule has 16 heavy (non-hydrogen) atoms. The van der Waals surface area contributed by atoms with Gasteiger partial charge in [0.2, 0.25) is 5.91 Å². The van der Waals surface area contributed by atoms with E-state index in [2.05, 4.69) is 5.32 Å². The molecule has 0 aromatic heterocycles. The van der Waals surface area contributed by atoms with Crippen molar-refractivity contribution in [3.05, 3.63) is 35.9 Å². The first kappa shape index (κ1) is 11.5. The molecule has 0 bridgehead atoms. The maximum absolute atomic E-state index is 12.1. The fourth-order valence-electron chi connectivity index (χ4n) is 1.93. The van der Waals surface area contributed by atoms with Crippen molar-refractivity contribution in [2.75, 3.05) is 5.88 Å². The standard InChI is InChI=1S/C13H16ClNO/c1-10(9-14)15-12(16)13(7-8-13)11-5-3-2-4-6-11/h2-6,10H,7-9H2,1H3,(H,15,16). The highest BCUT2D eigenvalue weighted by atomic mass is 35.5. The molecule has 86 valence electrons. The summed E-state index contributed by atoms with van der Waals surface area (Å²) in [5, 5.41) is 2.96. The van der Waals surface area contributed by atoms with Crippen molar-refractivity contribution < 1.29 is 4.79 Å². The van der Waals surface area contributed by atoms with Gasteiger partial charge in [-0.05, 0) is 25.3 Å². The fraction of sp³-hybridized carbons (Fsp3) is 0.462. The monoisotopic (exact) mass is 237 g/mol. The Labute approximate surface area is 101 Å². The summed E-state index contributed by atoms with van der Waals surface area (Å²) >= 11 is 5.70. The van der Waals surface area contributed by atoms with Crippen molar-refractivity contribution in [1.82, 2.24) is 5.32 Å². The highest BCUT2D eigenvalue weighted by molar-refractivity contribution is 6.18. The average molecular weight is 238 g/mol. The lowest BCUT2D eigenvalue weighted by atomic mass is 9.95. The van der Waals surface area contributed by atoms with Gasteiger partial charge < -0.3 is 5.32 Å². The number of carbonyl (C=O) groups is 1. The first-order valence-corrected chi connectivity index (χ1v) is 6.15. The van der Waals surface area contributed by atoms with Crippen molar-refractivity contribution in [3.8, 4) is 0 Å². The van der Waals surface area contributed by atoms with Gasteiger partial charge in [-0.25, -0.2) is 0 Å². The first-order chi connectivity index (χ1) is 7.69. The zero-order valence-corrected chi connectivity index (χ0v) is 10.1. The summed E-state index contributed by atoms with van der Waals surface area (Å²) in [6.07, 6.45) is 1.88. The van der Waals surface area contributed by atoms with Gasteiger partial charge in [-0.2, -0.15) is 0 Å². The molecule has 1 aliphatic carbocycles. The predicted octanol–water partition coefficient (Wildman–Crippen LogP) is 2.46. The third-order valence-corrected chi connectivity index (χ3v) is 3.58. The van der Waals surface area contributed by atoms with E-state index in [1.165, 1.54) is 0 Å². The number of halogens is 1. The van der Waals surface area contributed by atoms with E-state index < -0.39 is 0 Å². The first-order valence-electron chi connectivity index (χ1n) is 5.61. The Morgan fingerprint density at radius 2 is 2.06 bits per heavy atom. The number of hydrogen-bond acceptors (Lipinski definition) is 1. The molecule has 0 saturated heterocycles. The van der Waals surface area contributed by atoms with Crippen LogP contribution in [0.4, 0.5) is 0 Å². The summed E-state index contributed by atoms with van der Waals surface area (Å²) in [5.74, 6) is 0.572. The van der Waals surface area contributed by atoms with E-state index in [0.717, 1.165) is 18.4 Å². The predicted molar refractivity (Wildman–Crippen MR) is 65.7 cm³/mol. The van der Waals surface area contributed by atoms with Crippen LogP contribution < -0.4 is 5.32 Å². The molecule has 1 aliphatic rings. The smallest absolute Gasteiger partial charge is 0.230 e. The van der Waals surface area contributed by atoms with Gasteiger partial charge in [-0.1, -0.05) is 30.3 Å². The molecule has 2 rings (SSSR count). The van der Waals surface area contributed by atoms with Crippen molar-refractivity contribution in [2.45, 2.75) is 31.2 Å². The fourth-order valence-corrected chi connectivity index (χ4v) is 2.01. The summed E-state index contributed by atoms with van der Waals surface area (Å²) in [6, 6.07) is 10.0. The minimum Gasteiger partial charge on any atom is -0.352 e. The molecule has 0 radical (unpaired) electrons. The van der Waals surface area contributed by atoms with Crippen molar-refractivity contribution in [2.24, 2.45) is 0 Å². The molecule has 0 spiro atoms. The second-order valence-corrected chi connectivity index (χ2v) is 4.79. The summed E-state index contributed by atoms with van der Waals surface area (Å²) in [5.41, 5.74) is 0.843. The number of alkyl halides is 1. The van der Waals surface area contributed by atoms with Crippen LogP contribution in [0, 0.1) is 0 Å². The summed E-state index contributed by atoms with van der Waals surface area (Å²) in [7, 11) is 0. The molecule has 1 aromatic rings. The Morgan fingerprint density at radius 3 is 2.56 bits per heavy atom. The minimum absolute atomic E-state index is 0.0374. The van der Waals surface area contributed by atoms with E-state index in [1.807, 2.05) is 37.3 Å². The highest BCUT2D eigenvalue weighted by Gasteiger charge is 2.51. The van der Waals surface area contributed by atoms with E-state index in [9.17, 15) is 4.79 Å². The largest absolute Gasteiger partial charge is 0.352 e. The molecule has 1 aromatic carbocycles. The molecule has 0 aliphatic heterocycles. The number of rotatable bonds is 4. The zero-order chi connectivity index (χ0) is 11.6. The molecule has 1 amide bonds. The topological polar surface area (TPSA) is 29.1 Å². The highest BCUT2D eigenvalue weighted by Crippen LogP contribution is 2.48. The number of hydrogen-bond donors (Lipinski definition) is 1. The van der Waals surface area contributed by atoms with Crippen LogP contribution in [0.15, 0.2) is 30.3 Å². The molecule has 1 fully saturated rings. The van der Waals surface area contributed by atoms with Crippen molar-refractivity contribution in [3.63, 3.8) is 0 Å². The molecule has 1 unspecified atom stereocenters. The van der Waals surface area contributed by atoms with Gasteiger partial charge in [-0.3, -0.25) is 4.79 Å². The maximum Gasteiger partial charge on any atom is 0.230 e. The summed E-state index contributed by atoms with van der Waals surface area (Å²) in [6.45, 7) is 1.92. The van der Waals surface area contributed by atoms with Crippen LogP contribution in [0.2, 0.25) is 0 Å². The average Bonchev–Trinajstić information content (AvgIpc) is 3.11. The van der Waals surface area contributed by atoms with Gasteiger partial charge in [0.1, 0.15) is 0 Å². The van der Waals surface area contributed by atoms with Crippen LogP contribution in [0.5, 0.6) is 0 Å². The molecule has 3 heteroatoms. The Balaban J connectivity index is 2.12. The van der Waals surface area contributed by atoms with E-state index >= 15 is 0 Å². The lowest BCUT2D eigenvalue weighted by Crippen LogP contribution is -2.41. The third kappa shape index (κ3) is 2.07. The van der Waals surface area contributed by atoms with Crippen molar-refractivity contribution >= 4 is 17.5 Å². The van der Waals surface area contributed by atoms with Gasteiger partial charge in [0.25, 0.3) is 0 Å². The molecular weight excluding hydrogens is 222 g/mol. The normalized spacial score (nSPS) is 18.9. The van der Waals surface area contributed by atoms with Gasteiger partial charge >= 0.3 is 0 Å². The lowest BCUT2D eigenvalue weighted by molar-refractivity contribution is -0.124. The molecule has 2 nitrogen and oxygen atoms in total. The second kappa shape index (κ2) is 4.46. The second-order valence-electron chi connectivity index (χ2n) is 4.48.